The highest BCUT2D eigenvalue weighted by Gasteiger charge is 2.29. The van der Waals surface area contributed by atoms with Crippen LogP contribution < -0.4 is 10.5 Å². The number of nitrogens with two attached hydrogens (primary N) is 1. The van der Waals surface area contributed by atoms with E-state index in [2.05, 4.69) is 19.9 Å². The molecule has 1 heterocycles. The van der Waals surface area contributed by atoms with Crippen LogP contribution in [0.3, 0.4) is 0 Å². The zero-order valence-electron chi connectivity index (χ0n) is 13.2. The van der Waals surface area contributed by atoms with Crippen molar-refractivity contribution < 1.29 is 9.53 Å². The topological polar surface area (TPSA) is 55.6 Å². The van der Waals surface area contributed by atoms with E-state index in [1.54, 1.807) is 7.11 Å². The second-order valence-electron chi connectivity index (χ2n) is 6.37. The van der Waals surface area contributed by atoms with Crippen molar-refractivity contribution in [3.05, 3.63) is 29.8 Å². The third-order valence-electron chi connectivity index (χ3n) is 3.98. The lowest BCUT2D eigenvalue weighted by Crippen LogP contribution is -2.48. The Bertz CT molecular complexity index is 487. The molecular weight excluding hydrogens is 264 g/mol. The molecule has 1 saturated heterocycles. The van der Waals surface area contributed by atoms with E-state index in [-0.39, 0.29) is 11.9 Å². The number of nitrogens with zero attached hydrogens (tertiary/aromatic N) is 1. The summed E-state index contributed by atoms with van der Waals surface area (Å²) in [5, 5.41) is 0. The lowest BCUT2D eigenvalue weighted by atomic mass is 9.88. The molecule has 2 unspecified atom stereocenters. The number of ether oxygens (including phenoxy) is 1. The number of likely N-dealkylation sites (tertiary alicyclic amines) is 1. The third-order valence-corrected chi connectivity index (χ3v) is 3.98. The summed E-state index contributed by atoms with van der Waals surface area (Å²) in [6, 6.07) is 8.12. The van der Waals surface area contributed by atoms with Gasteiger partial charge in [-0.05, 0) is 30.0 Å². The van der Waals surface area contributed by atoms with E-state index < -0.39 is 0 Å². The minimum atomic E-state index is 0.0473. The van der Waals surface area contributed by atoms with Crippen LogP contribution in [-0.4, -0.2) is 37.0 Å². The van der Waals surface area contributed by atoms with Gasteiger partial charge in [0.05, 0.1) is 7.11 Å². The molecule has 21 heavy (non-hydrogen) atoms. The van der Waals surface area contributed by atoms with Crippen molar-refractivity contribution in [3.8, 4) is 5.75 Å². The summed E-state index contributed by atoms with van der Waals surface area (Å²) in [4.78, 5) is 14.2. The smallest absolute Gasteiger partial charge is 0.222 e. The molecule has 2 N–H and O–H groups in total. The summed E-state index contributed by atoms with van der Waals surface area (Å²) in [6.45, 7) is 5.57. The molecule has 2 atom stereocenters. The largest absolute Gasteiger partial charge is 0.497 e. The van der Waals surface area contributed by atoms with Crippen LogP contribution in [0.15, 0.2) is 24.3 Å². The second kappa shape index (κ2) is 6.94. The van der Waals surface area contributed by atoms with Gasteiger partial charge in [-0.2, -0.15) is 0 Å². The van der Waals surface area contributed by atoms with E-state index in [1.807, 2.05) is 23.1 Å². The van der Waals surface area contributed by atoms with Crippen molar-refractivity contribution in [3.63, 3.8) is 0 Å². The van der Waals surface area contributed by atoms with Crippen LogP contribution in [0.25, 0.3) is 0 Å². The molecule has 0 saturated carbocycles. The molecule has 116 valence electrons. The number of piperidine rings is 1. The molecule has 0 bridgehead atoms. The molecule has 1 amide bonds. The first-order valence-corrected chi connectivity index (χ1v) is 7.67. The molecule has 2 rings (SSSR count). The number of methoxy groups -OCH3 is 1. The molecular formula is C17H26N2O2. The van der Waals surface area contributed by atoms with Gasteiger partial charge in [0.2, 0.25) is 5.91 Å². The fourth-order valence-electron chi connectivity index (χ4n) is 2.96. The summed E-state index contributed by atoms with van der Waals surface area (Å²) >= 11 is 0. The summed E-state index contributed by atoms with van der Waals surface area (Å²) in [5.74, 6) is 1.74. The van der Waals surface area contributed by atoms with E-state index in [9.17, 15) is 4.79 Å². The standard InChI is InChI=1S/C17H26N2O2/c1-12(2)7-17(20)19-10-14(8-15(18)11-19)13-5-4-6-16(9-13)21-3/h4-6,9,12,14-15H,7-8,10-11,18H2,1-3H3. The SMILES string of the molecule is COc1cccc(C2CC(N)CN(C(=O)CC(C)C)C2)c1. The van der Waals surface area contributed by atoms with Crippen molar-refractivity contribution in [2.24, 2.45) is 11.7 Å². The van der Waals surface area contributed by atoms with E-state index in [4.69, 9.17) is 10.5 Å². The van der Waals surface area contributed by atoms with Gasteiger partial charge in [-0.3, -0.25) is 4.79 Å². The summed E-state index contributed by atoms with van der Waals surface area (Å²) in [5.41, 5.74) is 7.37. The molecule has 4 heteroatoms. The molecule has 1 aromatic rings. The minimum absolute atomic E-state index is 0.0473. The summed E-state index contributed by atoms with van der Waals surface area (Å²) in [7, 11) is 1.67. The van der Waals surface area contributed by atoms with E-state index in [0.717, 1.165) is 18.7 Å². The number of hydrogen-bond donors (Lipinski definition) is 1. The molecule has 0 spiro atoms. The first kappa shape index (κ1) is 15.8. The van der Waals surface area contributed by atoms with Gasteiger partial charge < -0.3 is 15.4 Å². The fourth-order valence-corrected chi connectivity index (χ4v) is 2.96. The Balaban J connectivity index is 2.11. The van der Waals surface area contributed by atoms with Crippen LogP contribution in [0.4, 0.5) is 0 Å². The molecule has 4 nitrogen and oxygen atoms in total. The minimum Gasteiger partial charge on any atom is -0.497 e. The van der Waals surface area contributed by atoms with Gasteiger partial charge in [-0.15, -0.1) is 0 Å². The van der Waals surface area contributed by atoms with Crippen molar-refractivity contribution in [1.29, 1.82) is 0 Å². The molecule has 1 aliphatic rings. The Kier molecular flexibility index (Phi) is 5.23. The van der Waals surface area contributed by atoms with Crippen LogP contribution in [0.2, 0.25) is 0 Å². The van der Waals surface area contributed by atoms with Gasteiger partial charge in [0.1, 0.15) is 5.75 Å². The lowest BCUT2D eigenvalue weighted by molar-refractivity contribution is -0.133. The Morgan fingerprint density at radius 2 is 2.19 bits per heavy atom. The fraction of sp³-hybridized carbons (Fsp3) is 0.588. The number of carbonyl (C=O) groups is 1. The average Bonchev–Trinajstić information content (AvgIpc) is 2.46. The predicted molar refractivity (Wildman–Crippen MR) is 84.4 cm³/mol. The van der Waals surface area contributed by atoms with Crippen LogP contribution in [0.5, 0.6) is 5.75 Å². The monoisotopic (exact) mass is 290 g/mol. The Hall–Kier alpha value is -1.55. The van der Waals surface area contributed by atoms with E-state index in [1.165, 1.54) is 5.56 Å². The van der Waals surface area contributed by atoms with Gasteiger partial charge in [0.15, 0.2) is 0 Å². The number of amides is 1. The predicted octanol–water partition coefficient (Wildman–Crippen LogP) is 2.38. The van der Waals surface area contributed by atoms with Gasteiger partial charge >= 0.3 is 0 Å². The number of rotatable bonds is 4. The van der Waals surface area contributed by atoms with Crippen LogP contribution >= 0.6 is 0 Å². The van der Waals surface area contributed by atoms with Gasteiger partial charge in [0, 0.05) is 31.5 Å². The highest BCUT2D eigenvalue weighted by atomic mass is 16.5. The number of carbonyl (C=O) groups excluding carboxylic acids is 1. The molecule has 1 fully saturated rings. The van der Waals surface area contributed by atoms with Crippen molar-refractivity contribution in [2.45, 2.75) is 38.6 Å². The summed E-state index contributed by atoms with van der Waals surface area (Å²) < 4.78 is 5.29. The van der Waals surface area contributed by atoms with Crippen molar-refractivity contribution >= 4 is 5.91 Å². The van der Waals surface area contributed by atoms with Crippen molar-refractivity contribution in [2.75, 3.05) is 20.2 Å². The van der Waals surface area contributed by atoms with Crippen molar-refractivity contribution in [1.82, 2.24) is 4.90 Å². The molecule has 0 radical (unpaired) electrons. The zero-order valence-corrected chi connectivity index (χ0v) is 13.2. The van der Waals surface area contributed by atoms with Crippen LogP contribution in [0.1, 0.15) is 38.2 Å². The number of benzene rings is 1. The Morgan fingerprint density at radius 3 is 2.86 bits per heavy atom. The molecule has 1 aromatic carbocycles. The second-order valence-corrected chi connectivity index (χ2v) is 6.37. The third kappa shape index (κ3) is 4.21. The first-order valence-electron chi connectivity index (χ1n) is 7.67. The maximum Gasteiger partial charge on any atom is 0.222 e. The Labute approximate surface area is 127 Å². The van der Waals surface area contributed by atoms with Gasteiger partial charge in [-0.1, -0.05) is 26.0 Å². The number of hydrogen-bond acceptors (Lipinski definition) is 3. The molecule has 0 aromatic heterocycles. The van der Waals surface area contributed by atoms with E-state index >= 15 is 0 Å². The van der Waals surface area contributed by atoms with Crippen LogP contribution in [-0.2, 0) is 4.79 Å². The van der Waals surface area contributed by atoms with E-state index in [0.29, 0.717) is 24.8 Å². The zero-order chi connectivity index (χ0) is 15.4. The molecule has 1 aliphatic heterocycles. The first-order chi connectivity index (χ1) is 9.99. The van der Waals surface area contributed by atoms with Crippen LogP contribution in [0, 0.1) is 5.92 Å². The Morgan fingerprint density at radius 1 is 1.43 bits per heavy atom. The highest BCUT2D eigenvalue weighted by Crippen LogP contribution is 2.29. The average molecular weight is 290 g/mol. The highest BCUT2D eigenvalue weighted by molar-refractivity contribution is 5.76. The molecule has 0 aliphatic carbocycles. The quantitative estimate of drug-likeness (QED) is 0.926. The normalized spacial score (nSPS) is 22.4. The lowest BCUT2D eigenvalue weighted by Gasteiger charge is -2.37. The summed E-state index contributed by atoms with van der Waals surface area (Å²) in [6.07, 6.45) is 1.51. The maximum atomic E-state index is 12.3. The van der Waals surface area contributed by atoms with Gasteiger partial charge in [-0.25, -0.2) is 0 Å². The van der Waals surface area contributed by atoms with Gasteiger partial charge in [0.25, 0.3) is 0 Å². The maximum absolute atomic E-state index is 12.3.